The van der Waals surface area contributed by atoms with Gasteiger partial charge in [-0.1, -0.05) is 67.1 Å². The molecule has 2 aromatic carbocycles. The monoisotopic (exact) mass is 351 g/mol. The van der Waals surface area contributed by atoms with Gasteiger partial charge >= 0.3 is 5.97 Å². The second-order valence-electron chi connectivity index (χ2n) is 5.97. The summed E-state index contributed by atoms with van der Waals surface area (Å²) in [5, 5.41) is 9.83. The molecule has 4 heteroatoms. The van der Waals surface area contributed by atoms with Crippen LogP contribution in [0.2, 0.25) is 0 Å². The van der Waals surface area contributed by atoms with Gasteiger partial charge in [0.25, 0.3) is 0 Å². The second-order valence-corrected chi connectivity index (χ2v) is 7.06. The van der Waals surface area contributed by atoms with Gasteiger partial charge in [-0.2, -0.15) is 0 Å². The summed E-state index contributed by atoms with van der Waals surface area (Å²) in [6, 6.07) is 20.6. The van der Waals surface area contributed by atoms with Crippen LogP contribution < -0.4 is 0 Å². The Hall–Kier alpha value is -2.46. The summed E-state index contributed by atoms with van der Waals surface area (Å²) in [6.45, 7) is 0. The molecular formula is C21H21NO2S. The highest BCUT2D eigenvalue weighted by Gasteiger charge is 2.14. The van der Waals surface area contributed by atoms with E-state index in [0.717, 1.165) is 41.9 Å². The minimum Gasteiger partial charge on any atom is -0.481 e. The van der Waals surface area contributed by atoms with Crippen LogP contribution in [0.1, 0.15) is 30.7 Å². The fourth-order valence-corrected chi connectivity index (χ4v) is 3.91. The largest absolute Gasteiger partial charge is 0.481 e. The number of hydrogen-bond acceptors (Lipinski definition) is 3. The summed E-state index contributed by atoms with van der Waals surface area (Å²) >= 11 is 1.74. The molecule has 0 fully saturated rings. The van der Waals surface area contributed by atoms with Crippen molar-refractivity contribution in [1.29, 1.82) is 0 Å². The molecule has 0 unspecified atom stereocenters. The first-order valence-electron chi connectivity index (χ1n) is 8.56. The molecule has 1 N–H and O–H groups in total. The van der Waals surface area contributed by atoms with Gasteiger partial charge in [0.1, 0.15) is 0 Å². The quantitative estimate of drug-likeness (QED) is 0.532. The predicted molar refractivity (Wildman–Crippen MR) is 103 cm³/mol. The second kappa shape index (κ2) is 8.58. The maximum absolute atomic E-state index is 10.6. The van der Waals surface area contributed by atoms with Gasteiger partial charge in [0.05, 0.1) is 15.6 Å². The Morgan fingerprint density at radius 3 is 2.16 bits per heavy atom. The molecule has 0 saturated heterocycles. The first-order valence-corrected chi connectivity index (χ1v) is 9.38. The van der Waals surface area contributed by atoms with E-state index >= 15 is 0 Å². The number of hydrogen-bond donors (Lipinski definition) is 1. The van der Waals surface area contributed by atoms with E-state index in [1.807, 2.05) is 24.3 Å². The lowest BCUT2D eigenvalue weighted by molar-refractivity contribution is -0.137. The number of aliphatic carboxylic acids is 1. The maximum Gasteiger partial charge on any atom is 0.303 e. The standard InChI is InChI=1S/C21H21NO2S/c23-19(24)15-9-3-8-14-18-22-20(16-10-4-1-5-11-16)21(25-18)17-12-6-2-7-13-17/h1-2,4-7,10-13H,3,8-9,14-15H2,(H,23,24). The predicted octanol–water partition coefficient (Wildman–Crippen LogP) is 5.66. The molecule has 0 amide bonds. The summed E-state index contributed by atoms with van der Waals surface area (Å²) in [5.74, 6) is -0.716. The highest BCUT2D eigenvalue weighted by Crippen LogP contribution is 2.37. The van der Waals surface area contributed by atoms with Gasteiger partial charge in [-0.25, -0.2) is 4.98 Å². The highest BCUT2D eigenvalue weighted by molar-refractivity contribution is 7.15. The molecule has 0 spiro atoms. The van der Waals surface area contributed by atoms with Gasteiger partial charge in [0.2, 0.25) is 0 Å². The third-order valence-corrected chi connectivity index (χ3v) is 5.20. The SMILES string of the molecule is O=C(O)CCCCCc1nc(-c2ccccc2)c(-c2ccccc2)s1. The number of aryl methyl sites for hydroxylation is 1. The van der Waals surface area contributed by atoms with Crippen LogP contribution in [0, 0.1) is 0 Å². The fraction of sp³-hybridized carbons (Fsp3) is 0.238. The van der Waals surface area contributed by atoms with Crippen molar-refractivity contribution in [1.82, 2.24) is 4.98 Å². The maximum atomic E-state index is 10.6. The third kappa shape index (κ3) is 4.77. The zero-order valence-electron chi connectivity index (χ0n) is 14.0. The molecule has 3 rings (SSSR count). The molecule has 0 bridgehead atoms. The van der Waals surface area contributed by atoms with E-state index < -0.39 is 5.97 Å². The summed E-state index contributed by atoms with van der Waals surface area (Å²) in [7, 11) is 0. The summed E-state index contributed by atoms with van der Waals surface area (Å²) in [6.07, 6.45) is 3.79. The molecule has 25 heavy (non-hydrogen) atoms. The molecule has 128 valence electrons. The zero-order chi connectivity index (χ0) is 17.5. The number of nitrogens with zero attached hydrogens (tertiary/aromatic N) is 1. The fourth-order valence-electron chi connectivity index (χ4n) is 2.78. The molecule has 3 aromatic rings. The van der Waals surface area contributed by atoms with E-state index in [9.17, 15) is 4.79 Å². The van der Waals surface area contributed by atoms with E-state index in [0.29, 0.717) is 0 Å². The number of carbonyl (C=O) groups is 1. The van der Waals surface area contributed by atoms with E-state index in [1.165, 1.54) is 10.4 Å². The average Bonchev–Trinajstić information content (AvgIpc) is 3.07. The molecular weight excluding hydrogens is 330 g/mol. The number of carboxylic acids is 1. The molecule has 0 atom stereocenters. The van der Waals surface area contributed by atoms with Gasteiger partial charge in [0.15, 0.2) is 0 Å². The first kappa shape index (κ1) is 17.4. The Balaban J connectivity index is 1.79. The minimum atomic E-state index is -0.716. The van der Waals surface area contributed by atoms with E-state index in [2.05, 4.69) is 36.4 Å². The Morgan fingerprint density at radius 2 is 1.52 bits per heavy atom. The molecule has 0 aliphatic heterocycles. The Labute approximate surface area is 152 Å². The van der Waals surface area contributed by atoms with Crippen molar-refractivity contribution in [3.05, 3.63) is 65.7 Å². The van der Waals surface area contributed by atoms with Crippen molar-refractivity contribution in [3.63, 3.8) is 0 Å². The van der Waals surface area contributed by atoms with Crippen LogP contribution >= 0.6 is 11.3 Å². The summed E-state index contributed by atoms with van der Waals surface area (Å²) < 4.78 is 0. The average molecular weight is 351 g/mol. The zero-order valence-corrected chi connectivity index (χ0v) is 14.8. The lowest BCUT2D eigenvalue weighted by atomic mass is 10.1. The van der Waals surface area contributed by atoms with Gasteiger partial charge < -0.3 is 5.11 Å². The van der Waals surface area contributed by atoms with Crippen LogP contribution in [0.25, 0.3) is 21.7 Å². The van der Waals surface area contributed by atoms with Crippen LogP contribution in [-0.2, 0) is 11.2 Å². The molecule has 3 nitrogen and oxygen atoms in total. The third-order valence-electron chi connectivity index (χ3n) is 4.04. The van der Waals surface area contributed by atoms with Gasteiger partial charge in [0, 0.05) is 12.0 Å². The molecule has 0 aliphatic carbocycles. The number of thiazole rings is 1. The van der Waals surface area contributed by atoms with Crippen molar-refractivity contribution >= 4 is 17.3 Å². The molecule has 1 heterocycles. The molecule has 0 aliphatic rings. The topological polar surface area (TPSA) is 50.2 Å². The van der Waals surface area contributed by atoms with Crippen molar-refractivity contribution in [2.45, 2.75) is 32.1 Å². The molecule has 0 radical (unpaired) electrons. The van der Waals surface area contributed by atoms with Crippen molar-refractivity contribution in [3.8, 4) is 21.7 Å². The van der Waals surface area contributed by atoms with Crippen LogP contribution in [0.5, 0.6) is 0 Å². The number of aromatic nitrogens is 1. The van der Waals surface area contributed by atoms with Gasteiger partial charge in [-0.05, 0) is 24.8 Å². The summed E-state index contributed by atoms with van der Waals surface area (Å²) in [5.41, 5.74) is 3.36. The number of rotatable bonds is 8. The number of benzene rings is 2. The molecule has 1 aromatic heterocycles. The first-order chi connectivity index (χ1) is 12.2. The lowest BCUT2D eigenvalue weighted by Gasteiger charge is -2.02. The van der Waals surface area contributed by atoms with Gasteiger partial charge in [-0.15, -0.1) is 11.3 Å². The van der Waals surface area contributed by atoms with E-state index in [-0.39, 0.29) is 6.42 Å². The van der Waals surface area contributed by atoms with Crippen LogP contribution in [-0.4, -0.2) is 16.1 Å². The highest BCUT2D eigenvalue weighted by atomic mass is 32.1. The summed E-state index contributed by atoms with van der Waals surface area (Å²) in [4.78, 5) is 16.7. The van der Waals surface area contributed by atoms with Crippen molar-refractivity contribution < 1.29 is 9.90 Å². The van der Waals surface area contributed by atoms with Crippen molar-refractivity contribution in [2.24, 2.45) is 0 Å². The van der Waals surface area contributed by atoms with Crippen molar-refractivity contribution in [2.75, 3.05) is 0 Å². The Kier molecular flexibility index (Phi) is 5.96. The van der Waals surface area contributed by atoms with Crippen LogP contribution in [0.3, 0.4) is 0 Å². The number of unbranched alkanes of at least 4 members (excludes halogenated alkanes) is 2. The minimum absolute atomic E-state index is 0.252. The smallest absolute Gasteiger partial charge is 0.303 e. The van der Waals surface area contributed by atoms with E-state index in [4.69, 9.17) is 10.1 Å². The van der Waals surface area contributed by atoms with Gasteiger partial charge in [-0.3, -0.25) is 4.79 Å². The van der Waals surface area contributed by atoms with Crippen LogP contribution in [0.15, 0.2) is 60.7 Å². The van der Waals surface area contributed by atoms with E-state index in [1.54, 1.807) is 11.3 Å². The lowest BCUT2D eigenvalue weighted by Crippen LogP contribution is -1.94. The van der Waals surface area contributed by atoms with Crippen LogP contribution in [0.4, 0.5) is 0 Å². The number of carboxylic acid groups (broad SMARTS) is 1. The Bertz CT molecular complexity index is 755. The molecule has 0 saturated carbocycles. The normalized spacial score (nSPS) is 10.7. The Morgan fingerprint density at radius 1 is 0.880 bits per heavy atom.